The van der Waals surface area contributed by atoms with Crippen LogP contribution in [0.4, 0.5) is 0 Å². The second-order valence-corrected chi connectivity index (χ2v) is 3.48. The lowest BCUT2D eigenvalue weighted by atomic mass is 9.94. The van der Waals surface area contributed by atoms with Crippen molar-refractivity contribution in [1.82, 2.24) is 0 Å². The van der Waals surface area contributed by atoms with E-state index in [1.54, 1.807) is 0 Å². The quantitative estimate of drug-likeness (QED) is 0.755. The van der Waals surface area contributed by atoms with E-state index < -0.39 is 0 Å². The van der Waals surface area contributed by atoms with E-state index >= 15 is 0 Å². The second kappa shape index (κ2) is 4.43. The average molecular weight is 177 g/mol. The Kier molecular flexibility index (Phi) is 3.49. The molecule has 0 aliphatic rings. The van der Waals surface area contributed by atoms with Gasteiger partial charge in [0.1, 0.15) is 0 Å². The summed E-state index contributed by atoms with van der Waals surface area (Å²) in [4.78, 5) is 0. The lowest BCUT2D eigenvalue weighted by Crippen LogP contribution is -2.09. The topological polar surface area (TPSA) is 26.0 Å². The van der Waals surface area contributed by atoms with E-state index in [1.165, 1.54) is 16.7 Å². The van der Waals surface area contributed by atoms with Gasteiger partial charge in [0, 0.05) is 6.04 Å². The molecular weight excluding hydrogens is 158 g/mol. The molecule has 2 N–H and O–H groups in total. The van der Waals surface area contributed by atoms with Gasteiger partial charge in [0.25, 0.3) is 0 Å². The lowest BCUT2D eigenvalue weighted by molar-refractivity contribution is 0.795. The van der Waals surface area contributed by atoms with Crippen molar-refractivity contribution in [2.45, 2.75) is 39.7 Å². The van der Waals surface area contributed by atoms with E-state index in [0.29, 0.717) is 0 Å². The van der Waals surface area contributed by atoms with E-state index in [9.17, 15) is 0 Å². The van der Waals surface area contributed by atoms with Gasteiger partial charge in [-0.25, -0.2) is 0 Å². The summed E-state index contributed by atoms with van der Waals surface area (Å²) in [5, 5.41) is 0. The van der Waals surface area contributed by atoms with Crippen molar-refractivity contribution in [3.8, 4) is 0 Å². The van der Waals surface area contributed by atoms with Gasteiger partial charge in [-0.3, -0.25) is 0 Å². The Morgan fingerprint density at radius 2 is 1.92 bits per heavy atom. The first-order chi connectivity index (χ1) is 6.20. The van der Waals surface area contributed by atoms with Gasteiger partial charge < -0.3 is 5.73 Å². The van der Waals surface area contributed by atoms with Gasteiger partial charge in [0.15, 0.2) is 0 Å². The Labute approximate surface area is 81.0 Å². The maximum absolute atomic E-state index is 5.91. The molecule has 72 valence electrons. The van der Waals surface area contributed by atoms with E-state index in [-0.39, 0.29) is 6.04 Å². The molecule has 1 unspecified atom stereocenters. The fraction of sp³-hybridized carbons (Fsp3) is 0.500. The molecule has 0 saturated carbocycles. The van der Waals surface area contributed by atoms with Crippen molar-refractivity contribution in [3.05, 3.63) is 34.9 Å². The summed E-state index contributed by atoms with van der Waals surface area (Å²) in [6.45, 7) is 6.44. The van der Waals surface area contributed by atoms with Crippen LogP contribution in [0.5, 0.6) is 0 Å². The van der Waals surface area contributed by atoms with Crippen molar-refractivity contribution in [2.24, 2.45) is 5.73 Å². The van der Waals surface area contributed by atoms with Crippen LogP contribution >= 0.6 is 0 Å². The molecule has 0 aliphatic carbocycles. The third kappa shape index (κ3) is 2.10. The summed E-state index contributed by atoms with van der Waals surface area (Å²) in [6.07, 6.45) is 2.19. The molecule has 0 saturated heterocycles. The molecular formula is C12H19N. The molecule has 0 spiro atoms. The first-order valence-corrected chi connectivity index (χ1v) is 5.06. The normalized spacial score (nSPS) is 12.9. The summed E-state index contributed by atoms with van der Waals surface area (Å²) in [7, 11) is 0. The third-order valence-electron chi connectivity index (χ3n) is 2.53. The number of benzene rings is 1. The van der Waals surface area contributed by atoms with Crippen LogP contribution in [0.15, 0.2) is 18.2 Å². The molecule has 0 amide bonds. The van der Waals surface area contributed by atoms with Gasteiger partial charge in [-0.1, -0.05) is 32.0 Å². The fourth-order valence-electron chi connectivity index (χ4n) is 1.84. The van der Waals surface area contributed by atoms with Crippen LogP contribution in [0.1, 0.15) is 43.5 Å². The number of hydrogen-bond acceptors (Lipinski definition) is 1. The van der Waals surface area contributed by atoms with Crippen molar-refractivity contribution < 1.29 is 0 Å². The Bertz CT molecular complexity index is 276. The summed E-state index contributed by atoms with van der Waals surface area (Å²) >= 11 is 0. The molecule has 13 heavy (non-hydrogen) atoms. The van der Waals surface area contributed by atoms with Gasteiger partial charge in [-0.05, 0) is 36.5 Å². The maximum atomic E-state index is 5.91. The van der Waals surface area contributed by atoms with Crippen LogP contribution in [0.3, 0.4) is 0 Å². The van der Waals surface area contributed by atoms with Gasteiger partial charge in [0.05, 0.1) is 0 Å². The lowest BCUT2D eigenvalue weighted by Gasteiger charge is -2.14. The van der Waals surface area contributed by atoms with Gasteiger partial charge in [-0.15, -0.1) is 0 Å². The molecule has 1 atom stereocenters. The first-order valence-electron chi connectivity index (χ1n) is 5.06. The van der Waals surface area contributed by atoms with E-state index in [0.717, 1.165) is 12.8 Å². The molecule has 1 aromatic carbocycles. The van der Waals surface area contributed by atoms with Gasteiger partial charge >= 0.3 is 0 Å². The number of hydrogen-bond donors (Lipinski definition) is 1. The predicted octanol–water partition coefficient (Wildman–Crippen LogP) is 2.83. The average Bonchev–Trinajstić information content (AvgIpc) is 2.16. The van der Waals surface area contributed by atoms with E-state index in [1.807, 2.05) is 6.92 Å². The molecule has 0 radical (unpaired) electrons. The largest absolute Gasteiger partial charge is 0.324 e. The highest BCUT2D eigenvalue weighted by Crippen LogP contribution is 2.20. The van der Waals surface area contributed by atoms with Gasteiger partial charge in [0.2, 0.25) is 0 Å². The van der Waals surface area contributed by atoms with E-state index in [4.69, 9.17) is 5.73 Å². The maximum Gasteiger partial charge on any atom is 0.0268 e. The molecule has 0 fully saturated rings. The van der Waals surface area contributed by atoms with Crippen LogP contribution in [0.2, 0.25) is 0 Å². The first kappa shape index (κ1) is 10.3. The third-order valence-corrected chi connectivity index (χ3v) is 2.53. The highest BCUT2D eigenvalue weighted by molar-refractivity contribution is 5.37. The second-order valence-electron chi connectivity index (χ2n) is 3.48. The molecule has 0 aliphatic heterocycles. The molecule has 0 aromatic heterocycles. The summed E-state index contributed by atoms with van der Waals surface area (Å²) in [5.41, 5.74) is 10.1. The van der Waals surface area contributed by atoms with Crippen molar-refractivity contribution in [2.75, 3.05) is 0 Å². The number of rotatable bonds is 3. The zero-order valence-corrected chi connectivity index (χ0v) is 8.80. The van der Waals surface area contributed by atoms with Crippen molar-refractivity contribution in [1.29, 1.82) is 0 Å². The molecule has 1 aromatic rings. The van der Waals surface area contributed by atoms with Crippen LogP contribution in [-0.4, -0.2) is 0 Å². The Morgan fingerprint density at radius 3 is 2.38 bits per heavy atom. The van der Waals surface area contributed by atoms with Crippen LogP contribution < -0.4 is 5.73 Å². The summed E-state index contributed by atoms with van der Waals surface area (Å²) in [6, 6.07) is 6.60. The van der Waals surface area contributed by atoms with Crippen LogP contribution in [0.25, 0.3) is 0 Å². The van der Waals surface area contributed by atoms with Crippen LogP contribution in [-0.2, 0) is 12.8 Å². The zero-order valence-electron chi connectivity index (χ0n) is 8.80. The highest BCUT2D eigenvalue weighted by Gasteiger charge is 2.07. The Morgan fingerprint density at radius 1 is 1.23 bits per heavy atom. The van der Waals surface area contributed by atoms with Crippen molar-refractivity contribution >= 4 is 0 Å². The number of aryl methyl sites for hydroxylation is 1. The molecule has 0 heterocycles. The summed E-state index contributed by atoms with van der Waals surface area (Å²) < 4.78 is 0. The standard InChI is InChI=1S/C12H19N/c1-4-10-7-6-8-12(9(3)13)11(10)5-2/h6-9H,4-5,13H2,1-3H3. The minimum atomic E-state index is 0.154. The highest BCUT2D eigenvalue weighted by atomic mass is 14.6. The minimum Gasteiger partial charge on any atom is -0.324 e. The summed E-state index contributed by atoms with van der Waals surface area (Å²) in [5.74, 6) is 0. The Hall–Kier alpha value is -0.820. The zero-order chi connectivity index (χ0) is 9.84. The minimum absolute atomic E-state index is 0.154. The Balaban J connectivity index is 3.19. The van der Waals surface area contributed by atoms with Crippen molar-refractivity contribution in [3.63, 3.8) is 0 Å². The monoisotopic (exact) mass is 177 g/mol. The predicted molar refractivity (Wildman–Crippen MR) is 57.8 cm³/mol. The molecule has 1 heteroatoms. The SMILES string of the molecule is CCc1cccc(C(C)N)c1CC. The molecule has 1 nitrogen and oxygen atoms in total. The van der Waals surface area contributed by atoms with Crippen LogP contribution in [0, 0.1) is 0 Å². The van der Waals surface area contributed by atoms with E-state index in [2.05, 4.69) is 32.0 Å². The molecule has 1 rings (SSSR count). The van der Waals surface area contributed by atoms with Gasteiger partial charge in [-0.2, -0.15) is 0 Å². The fourth-order valence-corrected chi connectivity index (χ4v) is 1.84. The smallest absolute Gasteiger partial charge is 0.0268 e. The number of nitrogens with two attached hydrogens (primary N) is 1. The molecule has 0 bridgehead atoms.